The number of rotatable bonds is 5. The molecule has 2 aromatic carbocycles. The standard InChI is InChI=1S/C17H17ClN2O3/c1-11-8-14(18)6-7-16(11)23-10-17(22)20-19-12(2)13-4-3-5-15(21)9-13/h3-9,21H,10H2,1-2H3,(H,20,22). The summed E-state index contributed by atoms with van der Waals surface area (Å²) in [6.45, 7) is 3.43. The Labute approximate surface area is 139 Å². The minimum Gasteiger partial charge on any atom is -0.508 e. The molecule has 23 heavy (non-hydrogen) atoms. The Morgan fingerprint density at radius 2 is 2.09 bits per heavy atom. The van der Waals surface area contributed by atoms with Gasteiger partial charge in [-0.25, -0.2) is 5.43 Å². The highest BCUT2D eigenvalue weighted by molar-refractivity contribution is 6.30. The van der Waals surface area contributed by atoms with E-state index >= 15 is 0 Å². The molecule has 0 spiro atoms. The second kappa shape index (κ2) is 7.65. The van der Waals surface area contributed by atoms with E-state index in [1.165, 1.54) is 0 Å². The Morgan fingerprint density at radius 3 is 2.78 bits per heavy atom. The summed E-state index contributed by atoms with van der Waals surface area (Å²) >= 11 is 5.86. The van der Waals surface area contributed by atoms with Crippen LogP contribution in [0.2, 0.25) is 5.02 Å². The molecule has 0 saturated carbocycles. The maximum absolute atomic E-state index is 11.8. The van der Waals surface area contributed by atoms with E-state index < -0.39 is 0 Å². The zero-order valence-corrected chi connectivity index (χ0v) is 13.6. The molecule has 0 fully saturated rings. The summed E-state index contributed by atoms with van der Waals surface area (Å²) in [6.07, 6.45) is 0. The summed E-state index contributed by atoms with van der Waals surface area (Å²) in [4.78, 5) is 11.8. The molecule has 6 heteroatoms. The van der Waals surface area contributed by atoms with Gasteiger partial charge in [0.25, 0.3) is 5.91 Å². The highest BCUT2D eigenvalue weighted by Crippen LogP contribution is 2.21. The molecule has 1 amide bonds. The second-order valence-corrected chi connectivity index (χ2v) is 5.42. The number of phenolic OH excluding ortho intramolecular Hbond substituents is 1. The van der Waals surface area contributed by atoms with Crippen molar-refractivity contribution in [2.75, 3.05) is 6.61 Å². The van der Waals surface area contributed by atoms with Crippen molar-refractivity contribution >= 4 is 23.2 Å². The monoisotopic (exact) mass is 332 g/mol. The van der Waals surface area contributed by atoms with Gasteiger partial charge in [-0.15, -0.1) is 0 Å². The SMILES string of the molecule is CC(=NNC(=O)COc1ccc(Cl)cc1C)c1cccc(O)c1. The Morgan fingerprint density at radius 1 is 1.30 bits per heavy atom. The number of hydrogen-bond donors (Lipinski definition) is 2. The number of benzene rings is 2. The van der Waals surface area contributed by atoms with Crippen molar-refractivity contribution in [3.63, 3.8) is 0 Å². The first-order chi connectivity index (χ1) is 11.0. The third-order valence-corrected chi connectivity index (χ3v) is 3.34. The molecule has 0 aliphatic heterocycles. The molecule has 5 nitrogen and oxygen atoms in total. The van der Waals surface area contributed by atoms with Crippen LogP contribution in [0.25, 0.3) is 0 Å². The Hall–Kier alpha value is -2.53. The van der Waals surface area contributed by atoms with E-state index in [2.05, 4.69) is 10.5 Å². The van der Waals surface area contributed by atoms with Gasteiger partial charge >= 0.3 is 0 Å². The van der Waals surface area contributed by atoms with Gasteiger partial charge in [0.1, 0.15) is 11.5 Å². The number of nitrogens with zero attached hydrogens (tertiary/aromatic N) is 1. The van der Waals surface area contributed by atoms with Gasteiger partial charge < -0.3 is 9.84 Å². The molecule has 0 radical (unpaired) electrons. The summed E-state index contributed by atoms with van der Waals surface area (Å²) in [5.74, 6) is 0.363. The predicted octanol–water partition coefficient (Wildman–Crippen LogP) is 3.27. The lowest BCUT2D eigenvalue weighted by atomic mass is 10.1. The molecule has 120 valence electrons. The minimum atomic E-state index is -0.376. The van der Waals surface area contributed by atoms with Crippen molar-refractivity contribution < 1.29 is 14.6 Å². The second-order valence-electron chi connectivity index (χ2n) is 4.98. The van der Waals surface area contributed by atoms with Crippen LogP contribution in [0.1, 0.15) is 18.1 Å². The number of carbonyl (C=O) groups is 1. The van der Waals surface area contributed by atoms with E-state index in [1.54, 1.807) is 49.4 Å². The molecule has 0 heterocycles. The van der Waals surface area contributed by atoms with Gasteiger partial charge in [-0.1, -0.05) is 23.7 Å². The Balaban J connectivity index is 1.90. The van der Waals surface area contributed by atoms with Crippen molar-refractivity contribution in [2.24, 2.45) is 5.10 Å². The van der Waals surface area contributed by atoms with Gasteiger partial charge in [0.2, 0.25) is 0 Å². The lowest BCUT2D eigenvalue weighted by Gasteiger charge is -2.08. The normalized spacial score (nSPS) is 11.2. The summed E-state index contributed by atoms with van der Waals surface area (Å²) < 4.78 is 5.43. The topological polar surface area (TPSA) is 70.9 Å². The summed E-state index contributed by atoms with van der Waals surface area (Å²) in [5.41, 5.74) is 4.57. The third-order valence-electron chi connectivity index (χ3n) is 3.11. The van der Waals surface area contributed by atoms with Crippen molar-refractivity contribution in [3.8, 4) is 11.5 Å². The van der Waals surface area contributed by atoms with E-state index in [9.17, 15) is 9.90 Å². The van der Waals surface area contributed by atoms with E-state index in [-0.39, 0.29) is 18.3 Å². The fourth-order valence-corrected chi connectivity index (χ4v) is 2.12. The maximum atomic E-state index is 11.8. The van der Waals surface area contributed by atoms with Gasteiger partial charge in [-0.2, -0.15) is 5.10 Å². The molecule has 2 rings (SSSR count). The molecule has 0 bridgehead atoms. The number of amides is 1. The lowest BCUT2D eigenvalue weighted by Crippen LogP contribution is -2.25. The molecule has 2 aromatic rings. The van der Waals surface area contributed by atoms with Gasteiger partial charge in [0, 0.05) is 10.6 Å². The van der Waals surface area contributed by atoms with Gasteiger partial charge in [0.05, 0.1) is 5.71 Å². The molecule has 2 N–H and O–H groups in total. The molecule has 0 unspecified atom stereocenters. The van der Waals surface area contributed by atoms with E-state index in [1.807, 2.05) is 6.92 Å². The van der Waals surface area contributed by atoms with E-state index in [4.69, 9.17) is 16.3 Å². The van der Waals surface area contributed by atoms with Crippen LogP contribution in [-0.2, 0) is 4.79 Å². The first-order valence-electron chi connectivity index (χ1n) is 6.97. The van der Waals surface area contributed by atoms with Gasteiger partial charge in [-0.05, 0) is 49.7 Å². The van der Waals surface area contributed by atoms with Crippen LogP contribution in [-0.4, -0.2) is 23.3 Å². The zero-order chi connectivity index (χ0) is 16.8. The first-order valence-corrected chi connectivity index (χ1v) is 7.35. The molecule has 0 saturated heterocycles. The molecular formula is C17H17ClN2O3. The van der Waals surface area contributed by atoms with Crippen molar-refractivity contribution in [1.29, 1.82) is 0 Å². The van der Waals surface area contributed by atoms with Gasteiger partial charge in [-0.3, -0.25) is 4.79 Å². The van der Waals surface area contributed by atoms with Crippen LogP contribution in [0.5, 0.6) is 11.5 Å². The number of hydrogen-bond acceptors (Lipinski definition) is 4. The van der Waals surface area contributed by atoms with Crippen LogP contribution >= 0.6 is 11.6 Å². The van der Waals surface area contributed by atoms with Gasteiger partial charge in [0.15, 0.2) is 6.61 Å². The minimum absolute atomic E-state index is 0.143. The van der Waals surface area contributed by atoms with Crippen LogP contribution in [0.3, 0.4) is 0 Å². The Bertz CT molecular complexity index is 744. The number of nitrogens with one attached hydrogen (secondary N) is 1. The number of aromatic hydroxyl groups is 1. The van der Waals surface area contributed by atoms with E-state index in [0.29, 0.717) is 16.5 Å². The fourth-order valence-electron chi connectivity index (χ4n) is 1.89. The Kier molecular flexibility index (Phi) is 5.60. The molecular weight excluding hydrogens is 316 g/mol. The predicted molar refractivity (Wildman–Crippen MR) is 90.1 cm³/mol. The van der Waals surface area contributed by atoms with Crippen molar-refractivity contribution in [2.45, 2.75) is 13.8 Å². The highest BCUT2D eigenvalue weighted by atomic mass is 35.5. The van der Waals surface area contributed by atoms with Crippen LogP contribution < -0.4 is 10.2 Å². The highest BCUT2D eigenvalue weighted by Gasteiger charge is 2.05. The fraction of sp³-hybridized carbons (Fsp3) is 0.176. The zero-order valence-electron chi connectivity index (χ0n) is 12.8. The number of phenols is 1. The molecule has 0 aromatic heterocycles. The van der Waals surface area contributed by atoms with E-state index in [0.717, 1.165) is 11.1 Å². The molecule has 0 aliphatic carbocycles. The lowest BCUT2D eigenvalue weighted by molar-refractivity contribution is -0.123. The number of halogens is 1. The number of hydrazone groups is 1. The maximum Gasteiger partial charge on any atom is 0.277 e. The van der Waals surface area contributed by atoms with Crippen molar-refractivity contribution in [1.82, 2.24) is 5.43 Å². The number of aryl methyl sites for hydroxylation is 1. The van der Waals surface area contributed by atoms with Crippen LogP contribution in [0, 0.1) is 6.92 Å². The summed E-state index contributed by atoms with van der Waals surface area (Å²) in [6, 6.07) is 11.8. The molecule has 0 atom stereocenters. The number of carbonyl (C=O) groups excluding carboxylic acids is 1. The van der Waals surface area contributed by atoms with Crippen molar-refractivity contribution in [3.05, 3.63) is 58.6 Å². The smallest absolute Gasteiger partial charge is 0.277 e. The average Bonchev–Trinajstić information content (AvgIpc) is 2.51. The molecule has 0 aliphatic rings. The first kappa shape index (κ1) is 16.8. The third kappa shape index (κ3) is 5.00. The average molecular weight is 333 g/mol. The number of ether oxygens (including phenoxy) is 1. The quantitative estimate of drug-likeness (QED) is 0.652. The summed E-state index contributed by atoms with van der Waals surface area (Å²) in [7, 11) is 0. The summed E-state index contributed by atoms with van der Waals surface area (Å²) in [5, 5.41) is 14.0. The van der Waals surface area contributed by atoms with Crippen LogP contribution in [0.15, 0.2) is 47.6 Å². The largest absolute Gasteiger partial charge is 0.508 e. The van der Waals surface area contributed by atoms with Crippen LogP contribution in [0.4, 0.5) is 0 Å².